The molecule has 0 radical (unpaired) electrons. The molecule has 0 aliphatic heterocycles. The van der Waals surface area contributed by atoms with Gasteiger partial charge in [-0.05, 0) is 37.5 Å². The van der Waals surface area contributed by atoms with Crippen LogP contribution in [0, 0.1) is 18.2 Å². The predicted octanol–water partition coefficient (Wildman–Crippen LogP) is 6.01. The number of fused-ring (bicyclic) bond motifs is 1. The maximum Gasteiger partial charge on any atom is 0.231 e. The van der Waals surface area contributed by atoms with Gasteiger partial charge < -0.3 is 5.32 Å². The second-order valence-corrected chi connectivity index (χ2v) is 7.84. The van der Waals surface area contributed by atoms with E-state index in [0.717, 1.165) is 5.56 Å². The van der Waals surface area contributed by atoms with Crippen LogP contribution in [-0.4, -0.2) is 10.9 Å². The summed E-state index contributed by atoms with van der Waals surface area (Å²) in [5.41, 5.74) is 1.65. The maximum absolute atomic E-state index is 14.0. The molecule has 0 bridgehead atoms. The topological polar surface area (TPSA) is 42.0 Å². The number of carbonyl (C=O) groups is 1. The van der Waals surface area contributed by atoms with Gasteiger partial charge in [0.1, 0.15) is 11.3 Å². The summed E-state index contributed by atoms with van der Waals surface area (Å²) in [5.74, 6) is -0.565. The molecule has 0 spiro atoms. The summed E-state index contributed by atoms with van der Waals surface area (Å²) in [6.07, 6.45) is 0.851. The lowest BCUT2D eigenvalue weighted by Crippen LogP contribution is -2.36. The van der Waals surface area contributed by atoms with Crippen molar-refractivity contribution in [2.45, 2.75) is 26.7 Å². The Labute approximate surface area is 169 Å². The summed E-state index contributed by atoms with van der Waals surface area (Å²) < 4.78 is 14.0. The second kappa shape index (κ2) is 8.11. The zero-order valence-electron chi connectivity index (χ0n) is 15.9. The van der Waals surface area contributed by atoms with Crippen LogP contribution in [0.3, 0.4) is 0 Å². The quantitative estimate of drug-likeness (QED) is 0.554. The van der Waals surface area contributed by atoms with Gasteiger partial charge in [-0.2, -0.15) is 0 Å². The number of aromatic nitrogens is 1. The molecule has 0 aliphatic rings. The third-order valence-electron chi connectivity index (χ3n) is 4.80. The van der Waals surface area contributed by atoms with Gasteiger partial charge in [0, 0.05) is 10.4 Å². The van der Waals surface area contributed by atoms with E-state index in [0.29, 0.717) is 40.2 Å². The fourth-order valence-electron chi connectivity index (χ4n) is 3.35. The minimum Gasteiger partial charge on any atom is -0.324 e. The van der Waals surface area contributed by atoms with Crippen LogP contribution in [0.5, 0.6) is 0 Å². The summed E-state index contributed by atoms with van der Waals surface area (Å²) in [6.45, 7) is 7.38. The van der Waals surface area contributed by atoms with Gasteiger partial charge in [0.2, 0.25) is 5.91 Å². The van der Waals surface area contributed by atoms with Gasteiger partial charge in [-0.25, -0.2) is 9.37 Å². The Kier molecular flexibility index (Phi) is 5.80. The minimum absolute atomic E-state index is 0.182. The normalized spacial score (nSPS) is 13.1. The molecular weight excluding hydrogens is 375 g/mol. The highest BCUT2D eigenvalue weighted by Crippen LogP contribution is 2.33. The standard InChI is InChI=1S/C23H22ClFN2O/c1-15(24)13-23(3,14-17-8-5-4-6-9-17)22(28)27-20-12-18-10-7-11-19(25)21(18)26-16(20)2/h4-12H,1,13-14H2,2-3H3,(H,27,28)/t23-/m1/s1. The second-order valence-electron chi connectivity index (χ2n) is 7.30. The lowest BCUT2D eigenvalue weighted by molar-refractivity contribution is -0.124. The number of hydrogen-bond acceptors (Lipinski definition) is 2. The third-order valence-corrected chi connectivity index (χ3v) is 4.94. The van der Waals surface area contributed by atoms with E-state index in [2.05, 4.69) is 16.9 Å². The lowest BCUT2D eigenvalue weighted by Gasteiger charge is -2.28. The molecule has 0 fully saturated rings. The van der Waals surface area contributed by atoms with E-state index in [1.165, 1.54) is 6.07 Å². The van der Waals surface area contributed by atoms with Gasteiger partial charge in [0.05, 0.1) is 16.8 Å². The number of benzene rings is 2. The van der Waals surface area contributed by atoms with Gasteiger partial charge in [-0.3, -0.25) is 4.79 Å². The number of allylic oxidation sites excluding steroid dienone is 1. The Hall–Kier alpha value is -2.72. The van der Waals surface area contributed by atoms with Crippen molar-refractivity contribution >= 4 is 34.1 Å². The highest BCUT2D eigenvalue weighted by Gasteiger charge is 2.34. The molecule has 0 saturated carbocycles. The first kappa shape index (κ1) is 20.0. The Morgan fingerprint density at radius 3 is 2.61 bits per heavy atom. The molecule has 3 aromatic rings. The summed E-state index contributed by atoms with van der Waals surface area (Å²) in [7, 11) is 0. The number of aryl methyl sites for hydroxylation is 1. The molecular formula is C23H22ClFN2O. The molecule has 5 heteroatoms. The molecule has 0 saturated heterocycles. The average Bonchev–Trinajstić information content (AvgIpc) is 2.63. The number of anilines is 1. The number of halogens is 2. The molecule has 3 rings (SSSR count). The Morgan fingerprint density at radius 2 is 1.93 bits per heavy atom. The minimum atomic E-state index is -0.788. The first-order valence-electron chi connectivity index (χ1n) is 9.03. The molecule has 1 atom stereocenters. The van der Waals surface area contributed by atoms with Crippen molar-refractivity contribution in [3.63, 3.8) is 0 Å². The van der Waals surface area contributed by atoms with Gasteiger partial charge in [-0.1, -0.05) is 67.6 Å². The first-order valence-corrected chi connectivity index (χ1v) is 9.41. The van der Waals surface area contributed by atoms with Crippen LogP contribution in [0.4, 0.5) is 10.1 Å². The maximum atomic E-state index is 14.0. The largest absolute Gasteiger partial charge is 0.324 e. The number of hydrogen-bond donors (Lipinski definition) is 1. The Balaban J connectivity index is 1.92. The van der Waals surface area contributed by atoms with Gasteiger partial charge in [0.25, 0.3) is 0 Å². The lowest BCUT2D eigenvalue weighted by atomic mass is 9.79. The molecule has 1 N–H and O–H groups in total. The van der Waals surface area contributed by atoms with E-state index >= 15 is 0 Å². The van der Waals surface area contributed by atoms with Gasteiger partial charge in [-0.15, -0.1) is 0 Å². The first-order chi connectivity index (χ1) is 13.3. The number of carbonyl (C=O) groups excluding carboxylic acids is 1. The fourth-order valence-corrected chi connectivity index (χ4v) is 3.64. The summed E-state index contributed by atoms with van der Waals surface area (Å²) >= 11 is 6.07. The van der Waals surface area contributed by atoms with E-state index < -0.39 is 5.41 Å². The SMILES string of the molecule is C=C(Cl)C[C@](C)(Cc1ccccc1)C(=O)Nc1cc2cccc(F)c2nc1C. The van der Waals surface area contributed by atoms with Crippen LogP contribution < -0.4 is 5.32 Å². The highest BCUT2D eigenvalue weighted by molar-refractivity contribution is 6.29. The van der Waals surface area contributed by atoms with Gasteiger partial charge >= 0.3 is 0 Å². The zero-order valence-corrected chi connectivity index (χ0v) is 16.7. The van der Waals surface area contributed by atoms with Crippen molar-refractivity contribution < 1.29 is 9.18 Å². The molecule has 1 heterocycles. The summed E-state index contributed by atoms with van der Waals surface area (Å²) in [6, 6.07) is 16.3. The Morgan fingerprint density at radius 1 is 1.21 bits per heavy atom. The van der Waals surface area contributed by atoms with E-state index in [1.807, 2.05) is 37.3 Å². The third kappa shape index (κ3) is 4.39. The van der Waals surface area contributed by atoms with Crippen molar-refractivity contribution in [3.8, 4) is 0 Å². The van der Waals surface area contributed by atoms with Crippen molar-refractivity contribution in [1.29, 1.82) is 0 Å². The number of nitrogens with one attached hydrogen (secondary N) is 1. The van der Waals surface area contributed by atoms with Crippen LogP contribution in [0.2, 0.25) is 0 Å². The number of rotatable bonds is 6. The smallest absolute Gasteiger partial charge is 0.231 e. The summed E-state index contributed by atoms with van der Waals surface area (Å²) in [5, 5.41) is 4.02. The molecule has 2 aromatic carbocycles. The predicted molar refractivity (Wildman–Crippen MR) is 113 cm³/mol. The van der Waals surface area contributed by atoms with Crippen molar-refractivity contribution in [2.24, 2.45) is 5.41 Å². The van der Waals surface area contributed by atoms with E-state index in [4.69, 9.17) is 11.6 Å². The van der Waals surface area contributed by atoms with Crippen LogP contribution in [0.25, 0.3) is 10.9 Å². The molecule has 0 aliphatic carbocycles. The molecule has 1 aromatic heterocycles. The van der Waals surface area contributed by atoms with Crippen molar-refractivity contribution in [3.05, 3.63) is 83.3 Å². The molecule has 1 amide bonds. The fraction of sp³-hybridized carbons (Fsp3) is 0.217. The van der Waals surface area contributed by atoms with Crippen LogP contribution in [-0.2, 0) is 11.2 Å². The van der Waals surface area contributed by atoms with E-state index in [9.17, 15) is 9.18 Å². The highest BCUT2D eigenvalue weighted by atomic mass is 35.5. The number of nitrogens with zero attached hydrogens (tertiary/aromatic N) is 1. The number of pyridine rings is 1. The monoisotopic (exact) mass is 396 g/mol. The molecule has 28 heavy (non-hydrogen) atoms. The number of para-hydroxylation sites is 1. The van der Waals surface area contributed by atoms with Gasteiger partial charge in [0.15, 0.2) is 0 Å². The zero-order chi connectivity index (χ0) is 20.3. The Bertz CT molecular complexity index is 1040. The van der Waals surface area contributed by atoms with Crippen LogP contribution in [0.1, 0.15) is 24.6 Å². The van der Waals surface area contributed by atoms with Crippen molar-refractivity contribution in [2.75, 3.05) is 5.32 Å². The molecule has 0 unspecified atom stereocenters. The average molecular weight is 397 g/mol. The van der Waals surface area contributed by atoms with E-state index in [1.54, 1.807) is 25.1 Å². The molecule has 3 nitrogen and oxygen atoms in total. The summed E-state index contributed by atoms with van der Waals surface area (Å²) in [4.78, 5) is 17.5. The number of amides is 1. The van der Waals surface area contributed by atoms with Crippen LogP contribution >= 0.6 is 11.6 Å². The molecule has 144 valence electrons. The van der Waals surface area contributed by atoms with Crippen molar-refractivity contribution in [1.82, 2.24) is 4.98 Å². The van der Waals surface area contributed by atoms with E-state index in [-0.39, 0.29) is 11.7 Å². The van der Waals surface area contributed by atoms with Crippen LogP contribution in [0.15, 0.2) is 66.2 Å².